The molecule has 122 valence electrons. The summed E-state index contributed by atoms with van der Waals surface area (Å²) in [6.45, 7) is 6.63. The second kappa shape index (κ2) is 7.84. The largest absolute Gasteiger partial charge is 0.495 e. The van der Waals surface area contributed by atoms with Crippen LogP contribution < -0.4 is 10.1 Å². The number of rotatable bonds is 5. The van der Waals surface area contributed by atoms with Gasteiger partial charge in [0, 0.05) is 26.1 Å². The van der Waals surface area contributed by atoms with Crippen molar-refractivity contribution in [3.05, 3.63) is 28.8 Å². The molecular formula is C17H25ClN2O2. The summed E-state index contributed by atoms with van der Waals surface area (Å²) in [6.07, 6.45) is 2.34. The van der Waals surface area contributed by atoms with Gasteiger partial charge in [0.25, 0.3) is 0 Å². The highest BCUT2D eigenvalue weighted by Crippen LogP contribution is 2.31. The first-order chi connectivity index (χ1) is 10.5. The molecule has 0 spiro atoms. The number of benzene rings is 1. The molecule has 0 aromatic heterocycles. The van der Waals surface area contributed by atoms with Gasteiger partial charge in [-0.3, -0.25) is 9.69 Å². The lowest BCUT2D eigenvalue weighted by molar-refractivity contribution is -0.119. The molecule has 2 atom stereocenters. The molecule has 0 aliphatic carbocycles. The van der Waals surface area contributed by atoms with Crippen LogP contribution in [0.1, 0.15) is 38.3 Å². The quantitative estimate of drug-likeness (QED) is 0.904. The van der Waals surface area contributed by atoms with Crippen LogP contribution in [0, 0.1) is 5.92 Å². The molecule has 1 N–H and O–H groups in total. The highest BCUT2D eigenvalue weighted by Gasteiger charge is 2.24. The summed E-state index contributed by atoms with van der Waals surface area (Å²) in [4.78, 5) is 13.5. The highest BCUT2D eigenvalue weighted by atomic mass is 35.5. The van der Waals surface area contributed by atoms with Gasteiger partial charge in [-0.15, -0.1) is 0 Å². The highest BCUT2D eigenvalue weighted by molar-refractivity contribution is 6.32. The Kier molecular flexibility index (Phi) is 6.09. The van der Waals surface area contributed by atoms with Crippen molar-refractivity contribution in [2.24, 2.45) is 5.92 Å². The van der Waals surface area contributed by atoms with Gasteiger partial charge in [0.2, 0.25) is 5.91 Å². The number of carbonyl (C=O) groups excluding carboxylic acids is 1. The SMILES string of the molecule is COc1ccc([C@H](C)N2CCC[C@H](CNC(C)=O)C2)cc1Cl. The summed E-state index contributed by atoms with van der Waals surface area (Å²) in [6, 6.07) is 6.30. The molecule has 1 aliphatic rings. The summed E-state index contributed by atoms with van der Waals surface area (Å²) >= 11 is 6.23. The Balaban J connectivity index is 2.00. The Labute approximate surface area is 137 Å². The Hall–Kier alpha value is -1.26. The number of hydrogen-bond donors (Lipinski definition) is 1. The number of likely N-dealkylation sites (tertiary alicyclic amines) is 1. The van der Waals surface area contributed by atoms with E-state index in [-0.39, 0.29) is 5.91 Å². The van der Waals surface area contributed by atoms with E-state index in [1.54, 1.807) is 14.0 Å². The molecule has 22 heavy (non-hydrogen) atoms. The number of methoxy groups -OCH3 is 1. The minimum atomic E-state index is 0.0482. The fourth-order valence-corrected chi connectivity index (χ4v) is 3.32. The van der Waals surface area contributed by atoms with E-state index in [1.165, 1.54) is 18.4 Å². The maximum Gasteiger partial charge on any atom is 0.216 e. The molecule has 0 unspecified atom stereocenters. The molecule has 1 amide bonds. The van der Waals surface area contributed by atoms with Gasteiger partial charge in [-0.05, 0) is 49.9 Å². The zero-order valence-electron chi connectivity index (χ0n) is 13.6. The van der Waals surface area contributed by atoms with Crippen LogP contribution in [0.5, 0.6) is 5.75 Å². The van der Waals surface area contributed by atoms with E-state index >= 15 is 0 Å². The average Bonchev–Trinajstić information content (AvgIpc) is 2.52. The van der Waals surface area contributed by atoms with Crippen LogP contribution in [-0.4, -0.2) is 37.6 Å². The Bertz CT molecular complexity index is 521. The molecule has 1 saturated heterocycles. The van der Waals surface area contributed by atoms with E-state index < -0.39 is 0 Å². The zero-order chi connectivity index (χ0) is 16.1. The molecule has 4 nitrogen and oxygen atoms in total. The van der Waals surface area contributed by atoms with Crippen LogP contribution in [0.2, 0.25) is 5.02 Å². The van der Waals surface area contributed by atoms with Crippen LogP contribution in [0.3, 0.4) is 0 Å². The number of nitrogens with one attached hydrogen (secondary N) is 1. The van der Waals surface area contributed by atoms with Crippen LogP contribution >= 0.6 is 11.6 Å². The van der Waals surface area contributed by atoms with Gasteiger partial charge < -0.3 is 10.1 Å². The molecule has 1 aromatic carbocycles. The summed E-state index contributed by atoms with van der Waals surface area (Å²) in [5.74, 6) is 1.28. The molecule has 0 saturated carbocycles. The van der Waals surface area contributed by atoms with Crippen molar-refractivity contribution in [1.82, 2.24) is 10.2 Å². The third-order valence-electron chi connectivity index (χ3n) is 4.40. The molecule has 1 aliphatic heterocycles. The fourth-order valence-electron chi connectivity index (χ4n) is 3.06. The molecule has 2 rings (SSSR count). The molecule has 1 heterocycles. The van der Waals surface area contributed by atoms with E-state index in [4.69, 9.17) is 16.3 Å². The van der Waals surface area contributed by atoms with Gasteiger partial charge in [0.1, 0.15) is 5.75 Å². The van der Waals surface area contributed by atoms with Crippen molar-refractivity contribution in [3.8, 4) is 5.75 Å². The maximum absolute atomic E-state index is 11.1. The zero-order valence-corrected chi connectivity index (χ0v) is 14.3. The van der Waals surface area contributed by atoms with Gasteiger partial charge in [-0.2, -0.15) is 0 Å². The Morgan fingerprint density at radius 1 is 1.55 bits per heavy atom. The number of carbonyl (C=O) groups is 1. The predicted molar refractivity (Wildman–Crippen MR) is 89.4 cm³/mol. The Morgan fingerprint density at radius 2 is 2.32 bits per heavy atom. The number of hydrogen-bond acceptors (Lipinski definition) is 3. The summed E-state index contributed by atoms with van der Waals surface area (Å²) in [5, 5.41) is 3.59. The summed E-state index contributed by atoms with van der Waals surface area (Å²) < 4.78 is 5.21. The summed E-state index contributed by atoms with van der Waals surface area (Å²) in [5.41, 5.74) is 1.20. The lowest BCUT2D eigenvalue weighted by Crippen LogP contribution is -2.41. The van der Waals surface area contributed by atoms with E-state index in [0.29, 0.717) is 22.7 Å². The van der Waals surface area contributed by atoms with Crippen LogP contribution in [-0.2, 0) is 4.79 Å². The van der Waals surface area contributed by atoms with Gasteiger partial charge in [-0.25, -0.2) is 0 Å². The van der Waals surface area contributed by atoms with Gasteiger partial charge >= 0.3 is 0 Å². The van der Waals surface area contributed by atoms with E-state index in [2.05, 4.69) is 23.2 Å². The number of piperidine rings is 1. The standard InChI is InChI=1S/C17H25ClN2O2/c1-12(15-6-7-17(22-3)16(18)9-15)20-8-4-5-14(11-20)10-19-13(2)21/h6-7,9,12,14H,4-5,8,10-11H2,1-3H3,(H,19,21)/t12-,14+/m0/s1. The first-order valence-corrected chi connectivity index (χ1v) is 8.21. The predicted octanol–water partition coefficient (Wildman–Crippen LogP) is 3.26. The van der Waals surface area contributed by atoms with Crippen molar-refractivity contribution in [2.45, 2.75) is 32.7 Å². The number of amides is 1. The van der Waals surface area contributed by atoms with Crippen molar-refractivity contribution in [1.29, 1.82) is 0 Å². The minimum absolute atomic E-state index is 0.0482. The molecule has 5 heteroatoms. The van der Waals surface area contributed by atoms with Gasteiger partial charge in [0.15, 0.2) is 0 Å². The molecule has 1 fully saturated rings. The average molecular weight is 325 g/mol. The first kappa shape index (κ1) is 17.1. The minimum Gasteiger partial charge on any atom is -0.495 e. The second-order valence-electron chi connectivity index (χ2n) is 6.01. The number of ether oxygens (including phenoxy) is 1. The monoisotopic (exact) mass is 324 g/mol. The Morgan fingerprint density at radius 3 is 2.95 bits per heavy atom. The lowest BCUT2D eigenvalue weighted by atomic mass is 9.95. The van der Waals surface area contributed by atoms with Crippen molar-refractivity contribution in [3.63, 3.8) is 0 Å². The van der Waals surface area contributed by atoms with E-state index in [0.717, 1.165) is 19.6 Å². The molecule has 0 bridgehead atoms. The second-order valence-corrected chi connectivity index (χ2v) is 6.42. The van der Waals surface area contributed by atoms with Crippen LogP contribution in [0.15, 0.2) is 18.2 Å². The smallest absolute Gasteiger partial charge is 0.216 e. The number of halogens is 1. The van der Waals surface area contributed by atoms with Crippen LogP contribution in [0.25, 0.3) is 0 Å². The maximum atomic E-state index is 11.1. The molecule has 0 radical (unpaired) electrons. The fraction of sp³-hybridized carbons (Fsp3) is 0.588. The van der Waals surface area contributed by atoms with Gasteiger partial charge in [0.05, 0.1) is 12.1 Å². The van der Waals surface area contributed by atoms with E-state index in [9.17, 15) is 4.79 Å². The van der Waals surface area contributed by atoms with Crippen molar-refractivity contribution in [2.75, 3.05) is 26.7 Å². The van der Waals surface area contributed by atoms with Crippen LogP contribution in [0.4, 0.5) is 0 Å². The van der Waals surface area contributed by atoms with E-state index in [1.807, 2.05) is 12.1 Å². The van der Waals surface area contributed by atoms with Crippen molar-refractivity contribution >= 4 is 17.5 Å². The molecular weight excluding hydrogens is 300 g/mol. The summed E-state index contributed by atoms with van der Waals surface area (Å²) in [7, 11) is 1.63. The number of nitrogens with zero attached hydrogens (tertiary/aromatic N) is 1. The molecule has 1 aromatic rings. The third kappa shape index (κ3) is 4.37. The third-order valence-corrected chi connectivity index (χ3v) is 4.69. The first-order valence-electron chi connectivity index (χ1n) is 7.83. The van der Waals surface area contributed by atoms with Crippen molar-refractivity contribution < 1.29 is 9.53 Å². The normalized spacial score (nSPS) is 20.5. The van der Waals surface area contributed by atoms with Gasteiger partial charge in [-0.1, -0.05) is 17.7 Å². The topological polar surface area (TPSA) is 41.6 Å². The lowest BCUT2D eigenvalue weighted by Gasteiger charge is -2.37.